The third kappa shape index (κ3) is 1.18. The van der Waals surface area contributed by atoms with E-state index in [1.54, 1.807) is 19.3 Å². The quantitative estimate of drug-likeness (QED) is 0.611. The summed E-state index contributed by atoms with van der Waals surface area (Å²) in [5, 5.41) is 11.9. The van der Waals surface area contributed by atoms with Crippen LogP contribution in [-0.4, -0.2) is 17.1 Å². The van der Waals surface area contributed by atoms with Gasteiger partial charge in [-0.15, -0.1) is 0 Å². The summed E-state index contributed by atoms with van der Waals surface area (Å²) in [5.41, 5.74) is 0.955. The van der Waals surface area contributed by atoms with E-state index in [-0.39, 0.29) is 5.75 Å². The molecule has 0 atom stereocenters. The molecule has 0 bridgehead atoms. The lowest BCUT2D eigenvalue weighted by molar-refractivity contribution is 0.475. The van der Waals surface area contributed by atoms with Gasteiger partial charge in [-0.1, -0.05) is 0 Å². The first-order chi connectivity index (χ1) is 4.74. The first-order valence-corrected chi connectivity index (χ1v) is 3.07. The number of rotatable bonds is 1. The number of hydrogen-bond donors (Lipinski definition) is 2. The smallest absolute Gasteiger partial charge is 0.168 e. The zero-order valence-electron chi connectivity index (χ0n) is 6.05. The van der Waals surface area contributed by atoms with E-state index in [0.717, 1.165) is 5.56 Å². The Morgan fingerprint density at radius 3 is 2.80 bits per heavy atom. The van der Waals surface area contributed by atoms with E-state index in [4.69, 9.17) is 5.11 Å². The zero-order valence-corrected chi connectivity index (χ0v) is 6.05. The second kappa shape index (κ2) is 2.56. The van der Waals surface area contributed by atoms with Crippen LogP contribution in [0.5, 0.6) is 5.75 Å². The summed E-state index contributed by atoms with van der Waals surface area (Å²) < 4.78 is 0. The van der Waals surface area contributed by atoms with Crippen LogP contribution in [-0.2, 0) is 0 Å². The van der Waals surface area contributed by atoms with E-state index in [9.17, 15) is 0 Å². The van der Waals surface area contributed by atoms with Crippen LogP contribution in [0.1, 0.15) is 5.56 Å². The van der Waals surface area contributed by atoms with Gasteiger partial charge in [0.1, 0.15) is 0 Å². The van der Waals surface area contributed by atoms with Gasteiger partial charge >= 0.3 is 0 Å². The Labute approximate surface area is 59.7 Å². The zero-order chi connectivity index (χ0) is 7.56. The highest BCUT2D eigenvalue weighted by Crippen LogP contribution is 2.19. The SMILES string of the molecule is CNc1ncc(C)cc1O. The molecule has 0 spiro atoms. The molecule has 3 heteroatoms. The van der Waals surface area contributed by atoms with Gasteiger partial charge in [-0.3, -0.25) is 0 Å². The standard InChI is InChI=1S/C7H10N2O/c1-5-3-6(10)7(8-2)9-4-5/h3-4,10H,1-2H3,(H,8,9). The number of nitrogens with one attached hydrogen (secondary N) is 1. The van der Waals surface area contributed by atoms with E-state index >= 15 is 0 Å². The minimum Gasteiger partial charge on any atom is -0.504 e. The molecule has 1 rings (SSSR count). The van der Waals surface area contributed by atoms with E-state index in [0.29, 0.717) is 5.82 Å². The van der Waals surface area contributed by atoms with Crippen molar-refractivity contribution in [3.8, 4) is 5.75 Å². The van der Waals surface area contributed by atoms with E-state index in [1.807, 2.05) is 6.92 Å². The second-order valence-electron chi connectivity index (χ2n) is 2.13. The molecule has 2 N–H and O–H groups in total. The maximum atomic E-state index is 9.17. The Bertz CT molecular complexity index is 235. The highest BCUT2D eigenvalue weighted by Gasteiger charge is 1.97. The van der Waals surface area contributed by atoms with Crippen LogP contribution >= 0.6 is 0 Å². The Morgan fingerprint density at radius 2 is 2.30 bits per heavy atom. The molecule has 1 aromatic rings. The van der Waals surface area contributed by atoms with Crippen molar-refractivity contribution < 1.29 is 5.11 Å². The van der Waals surface area contributed by atoms with Crippen LogP contribution < -0.4 is 5.32 Å². The van der Waals surface area contributed by atoms with Crippen molar-refractivity contribution in [2.75, 3.05) is 12.4 Å². The minimum absolute atomic E-state index is 0.197. The second-order valence-corrected chi connectivity index (χ2v) is 2.13. The summed E-state index contributed by atoms with van der Waals surface area (Å²) in [6, 6.07) is 1.67. The lowest BCUT2D eigenvalue weighted by Gasteiger charge is -2.01. The maximum Gasteiger partial charge on any atom is 0.168 e. The molecule has 0 amide bonds. The number of aromatic nitrogens is 1. The van der Waals surface area contributed by atoms with Crippen LogP contribution in [0.25, 0.3) is 0 Å². The number of nitrogens with zero attached hydrogens (tertiary/aromatic N) is 1. The van der Waals surface area contributed by atoms with Gasteiger partial charge in [0.15, 0.2) is 11.6 Å². The summed E-state index contributed by atoms with van der Waals surface area (Å²) in [7, 11) is 1.72. The monoisotopic (exact) mass is 138 g/mol. The lowest BCUT2D eigenvalue weighted by atomic mass is 10.3. The molecule has 0 saturated carbocycles. The average Bonchev–Trinajstić information content (AvgIpc) is 1.88. The molecule has 1 heterocycles. The lowest BCUT2D eigenvalue weighted by Crippen LogP contribution is -1.92. The predicted octanol–water partition coefficient (Wildman–Crippen LogP) is 1.14. The van der Waals surface area contributed by atoms with Crippen molar-refractivity contribution in [3.63, 3.8) is 0 Å². The van der Waals surface area contributed by atoms with Gasteiger partial charge in [-0.05, 0) is 18.6 Å². The number of pyridine rings is 1. The minimum atomic E-state index is 0.197. The topological polar surface area (TPSA) is 45.2 Å². The number of anilines is 1. The number of aryl methyl sites for hydroxylation is 1. The van der Waals surface area contributed by atoms with Crippen LogP contribution in [0.3, 0.4) is 0 Å². The first-order valence-electron chi connectivity index (χ1n) is 3.07. The normalized spacial score (nSPS) is 9.40. The summed E-state index contributed by atoms with van der Waals surface area (Å²) in [6.45, 7) is 1.88. The summed E-state index contributed by atoms with van der Waals surface area (Å²) in [6.07, 6.45) is 1.70. The molecule has 0 radical (unpaired) electrons. The Morgan fingerprint density at radius 1 is 1.60 bits per heavy atom. The molecule has 3 nitrogen and oxygen atoms in total. The molecule has 10 heavy (non-hydrogen) atoms. The average molecular weight is 138 g/mol. The van der Waals surface area contributed by atoms with Gasteiger partial charge in [0, 0.05) is 13.2 Å². The highest BCUT2D eigenvalue weighted by atomic mass is 16.3. The van der Waals surface area contributed by atoms with Crippen LogP contribution in [0.2, 0.25) is 0 Å². The highest BCUT2D eigenvalue weighted by molar-refractivity contribution is 5.49. The maximum absolute atomic E-state index is 9.17. The summed E-state index contributed by atoms with van der Waals surface area (Å²) in [4.78, 5) is 3.94. The third-order valence-corrected chi connectivity index (χ3v) is 1.24. The third-order valence-electron chi connectivity index (χ3n) is 1.24. The van der Waals surface area contributed by atoms with Crippen molar-refractivity contribution in [2.24, 2.45) is 0 Å². The van der Waals surface area contributed by atoms with Crippen LogP contribution in [0.15, 0.2) is 12.3 Å². The fourth-order valence-corrected chi connectivity index (χ4v) is 0.746. The van der Waals surface area contributed by atoms with E-state index < -0.39 is 0 Å². The fraction of sp³-hybridized carbons (Fsp3) is 0.286. The van der Waals surface area contributed by atoms with Crippen molar-refractivity contribution in [2.45, 2.75) is 6.92 Å². The Hall–Kier alpha value is -1.25. The van der Waals surface area contributed by atoms with Gasteiger partial charge in [0.2, 0.25) is 0 Å². The van der Waals surface area contributed by atoms with E-state index in [2.05, 4.69) is 10.3 Å². The predicted molar refractivity (Wildman–Crippen MR) is 40.2 cm³/mol. The Kier molecular flexibility index (Phi) is 1.76. The summed E-state index contributed by atoms with van der Waals surface area (Å²) >= 11 is 0. The first kappa shape index (κ1) is 6.86. The Balaban J connectivity index is 3.07. The molecule has 0 fully saturated rings. The molecule has 1 aromatic heterocycles. The molecule has 54 valence electrons. The summed E-state index contributed by atoms with van der Waals surface area (Å²) in [5.74, 6) is 0.716. The van der Waals surface area contributed by atoms with Gasteiger partial charge in [0.05, 0.1) is 0 Å². The molecular formula is C7H10N2O. The van der Waals surface area contributed by atoms with Gasteiger partial charge in [0.25, 0.3) is 0 Å². The molecule has 0 unspecified atom stereocenters. The largest absolute Gasteiger partial charge is 0.504 e. The van der Waals surface area contributed by atoms with Crippen LogP contribution in [0.4, 0.5) is 5.82 Å². The van der Waals surface area contributed by atoms with Crippen molar-refractivity contribution in [1.82, 2.24) is 4.98 Å². The van der Waals surface area contributed by atoms with Crippen LogP contribution in [0, 0.1) is 6.92 Å². The van der Waals surface area contributed by atoms with Gasteiger partial charge < -0.3 is 10.4 Å². The molecule has 0 aliphatic carbocycles. The molecule has 0 aliphatic heterocycles. The van der Waals surface area contributed by atoms with E-state index in [1.165, 1.54) is 0 Å². The van der Waals surface area contributed by atoms with Gasteiger partial charge in [-0.2, -0.15) is 0 Å². The van der Waals surface area contributed by atoms with Gasteiger partial charge in [-0.25, -0.2) is 4.98 Å². The van der Waals surface area contributed by atoms with Crippen molar-refractivity contribution >= 4 is 5.82 Å². The van der Waals surface area contributed by atoms with Crippen molar-refractivity contribution in [3.05, 3.63) is 17.8 Å². The number of aromatic hydroxyl groups is 1. The molecule has 0 aromatic carbocycles. The molecule has 0 aliphatic rings. The molecule has 0 saturated heterocycles. The fourth-order valence-electron chi connectivity index (χ4n) is 0.746. The van der Waals surface area contributed by atoms with Crippen molar-refractivity contribution in [1.29, 1.82) is 0 Å². The molecular weight excluding hydrogens is 128 g/mol. The number of hydrogen-bond acceptors (Lipinski definition) is 3.